The van der Waals surface area contributed by atoms with E-state index < -0.39 is 0 Å². The van der Waals surface area contributed by atoms with Crippen LogP contribution in [0.15, 0.2) is 42.5 Å². The van der Waals surface area contributed by atoms with Gasteiger partial charge in [0.15, 0.2) is 0 Å². The summed E-state index contributed by atoms with van der Waals surface area (Å²) in [6.07, 6.45) is 0. The fourth-order valence-corrected chi connectivity index (χ4v) is 3.37. The van der Waals surface area contributed by atoms with E-state index in [4.69, 9.17) is 34.8 Å². The van der Waals surface area contributed by atoms with E-state index in [1.165, 1.54) is 0 Å². The van der Waals surface area contributed by atoms with Gasteiger partial charge in [0.1, 0.15) is 0 Å². The number of anilines is 1. The Morgan fingerprint density at radius 3 is 2.20 bits per heavy atom. The molecule has 1 fully saturated rings. The van der Waals surface area contributed by atoms with Gasteiger partial charge in [0.25, 0.3) is 0 Å². The summed E-state index contributed by atoms with van der Waals surface area (Å²) in [6.45, 7) is 3.30. The summed E-state index contributed by atoms with van der Waals surface area (Å²) in [5.74, 6) is 0. The third kappa shape index (κ3) is 4.72. The van der Waals surface area contributed by atoms with Crippen LogP contribution in [-0.2, 0) is 6.54 Å². The fraction of sp³-hybridized carbons (Fsp3) is 0.278. The van der Waals surface area contributed by atoms with Gasteiger partial charge in [-0.2, -0.15) is 0 Å². The van der Waals surface area contributed by atoms with Crippen molar-refractivity contribution in [1.29, 1.82) is 0 Å². The number of amides is 2. The Morgan fingerprint density at radius 2 is 1.56 bits per heavy atom. The topological polar surface area (TPSA) is 35.6 Å². The first kappa shape index (κ1) is 18.2. The molecule has 0 saturated carbocycles. The maximum absolute atomic E-state index is 12.3. The number of benzene rings is 2. The maximum atomic E-state index is 12.3. The Balaban J connectivity index is 1.50. The van der Waals surface area contributed by atoms with Gasteiger partial charge >= 0.3 is 6.03 Å². The van der Waals surface area contributed by atoms with E-state index in [-0.39, 0.29) is 6.03 Å². The standard InChI is InChI=1S/C18H18Cl3N3O/c19-14-3-5-16(6-4-14)23-7-9-24(10-8-23)18(25)22-12-13-1-2-15(20)11-17(13)21/h1-6,11H,7-10,12H2,(H,22,25). The van der Waals surface area contributed by atoms with Gasteiger partial charge in [-0.1, -0.05) is 40.9 Å². The van der Waals surface area contributed by atoms with Crippen LogP contribution in [0.5, 0.6) is 0 Å². The molecule has 1 saturated heterocycles. The highest BCUT2D eigenvalue weighted by Gasteiger charge is 2.21. The second-order valence-electron chi connectivity index (χ2n) is 5.84. The van der Waals surface area contributed by atoms with Crippen LogP contribution in [0.4, 0.5) is 10.5 Å². The molecule has 2 aromatic rings. The van der Waals surface area contributed by atoms with Gasteiger partial charge in [0.05, 0.1) is 0 Å². The van der Waals surface area contributed by atoms with Crippen LogP contribution in [0.1, 0.15) is 5.56 Å². The molecule has 0 bridgehead atoms. The first-order valence-corrected chi connectivity index (χ1v) is 9.13. The van der Waals surface area contributed by atoms with E-state index in [2.05, 4.69) is 10.2 Å². The Labute approximate surface area is 162 Å². The predicted molar refractivity (Wildman–Crippen MR) is 104 cm³/mol. The first-order chi connectivity index (χ1) is 12.0. The van der Waals surface area contributed by atoms with Crippen molar-refractivity contribution in [3.63, 3.8) is 0 Å². The molecule has 4 nitrogen and oxygen atoms in total. The zero-order chi connectivity index (χ0) is 17.8. The molecule has 132 valence electrons. The van der Waals surface area contributed by atoms with E-state index in [0.29, 0.717) is 29.7 Å². The Morgan fingerprint density at radius 1 is 0.920 bits per heavy atom. The van der Waals surface area contributed by atoms with Crippen LogP contribution in [0.25, 0.3) is 0 Å². The minimum Gasteiger partial charge on any atom is -0.368 e. The minimum absolute atomic E-state index is 0.0817. The molecule has 1 N–H and O–H groups in total. The van der Waals surface area contributed by atoms with Gasteiger partial charge in [0, 0.05) is 53.5 Å². The Hall–Kier alpha value is -1.62. The van der Waals surface area contributed by atoms with Gasteiger partial charge in [-0.3, -0.25) is 0 Å². The number of carbonyl (C=O) groups is 1. The molecular weight excluding hydrogens is 381 g/mol. The second kappa shape index (κ2) is 8.17. The first-order valence-electron chi connectivity index (χ1n) is 8.00. The Kier molecular flexibility index (Phi) is 5.94. The van der Waals surface area contributed by atoms with Gasteiger partial charge in [-0.15, -0.1) is 0 Å². The number of hydrogen-bond donors (Lipinski definition) is 1. The molecule has 7 heteroatoms. The lowest BCUT2D eigenvalue weighted by molar-refractivity contribution is 0.194. The number of urea groups is 1. The molecule has 0 radical (unpaired) electrons. The zero-order valence-corrected chi connectivity index (χ0v) is 15.8. The average Bonchev–Trinajstić information content (AvgIpc) is 2.61. The van der Waals surface area contributed by atoms with Crippen LogP contribution >= 0.6 is 34.8 Å². The van der Waals surface area contributed by atoms with E-state index >= 15 is 0 Å². The summed E-state index contributed by atoms with van der Waals surface area (Å²) in [7, 11) is 0. The molecule has 3 rings (SSSR count). The quantitative estimate of drug-likeness (QED) is 0.815. The van der Waals surface area contributed by atoms with Crippen molar-refractivity contribution in [2.24, 2.45) is 0 Å². The number of nitrogens with one attached hydrogen (secondary N) is 1. The summed E-state index contributed by atoms with van der Waals surface area (Å²) in [5, 5.41) is 4.78. The molecule has 2 amide bonds. The summed E-state index contributed by atoms with van der Waals surface area (Å²) < 4.78 is 0. The number of carbonyl (C=O) groups excluding carboxylic acids is 1. The average molecular weight is 399 g/mol. The van der Waals surface area contributed by atoms with Gasteiger partial charge in [-0.25, -0.2) is 4.79 Å². The molecule has 0 aliphatic carbocycles. The summed E-state index contributed by atoms with van der Waals surface area (Å²) >= 11 is 17.9. The van der Waals surface area contributed by atoms with Crippen LogP contribution in [0, 0.1) is 0 Å². The highest BCUT2D eigenvalue weighted by Crippen LogP contribution is 2.21. The SMILES string of the molecule is O=C(NCc1ccc(Cl)cc1Cl)N1CCN(c2ccc(Cl)cc2)CC1. The van der Waals surface area contributed by atoms with Crippen molar-refractivity contribution < 1.29 is 4.79 Å². The van der Waals surface area contributed by atoms with Crippen molar-refractivity contribution in [3.05, 3.63) is 63.1 Å². The lowest BCUT2D eigenvalue weighted by Gasteiger charge is -2.36. The van der Waals surface area contributed by atoms with Gasteiger partial charge in [-0.05, 0) is 42.0 Å². The number of nitrogens with zero attached hydrogens (tertiary/aromatic N) is 2. The lowest BCUT2D eigenvalue weighted by Crippen LogP contribution is -2.51. The van der Waals surface area contributed by atoms with Crippen molar-refractivity contribution in [3.8, 4) is 0 Å². The normalized spacial score (nSPS) is 14.5. The third-order valence-corrected chi connectivity index (χ3v) is 5.04. The van der Waals surface area contributed by atoms with Crippen LogP contribution in [0.2, 0.25) is 15.1 Å². The summed E-state index contributed by atoms with van der Waals surface area (Å²) in [5.41, 5.74) is 1.97. The molecule has 1 aliphatic heterocycles. The number of piperazine rings is 1. The molecule has 1 heterocycles. The smallest absolute Gasteiger partial charge is 0.317 e. The third-order valence-electron chi connectivity index (χ3n) is 4.20. The molecular formula is C18H18Cl3N3O. The van der Waals surface area contributed by atoms with Crippen molar-refractivity contribution >= 4 is 46.5 Å². The van der Waals surface area contributed by atoms with E-state index in [0.717, 1.165) is 29.4 Å². The maximum Gasteiger partial charge on any atom is 0.317 e. The van der Waals surface area contributed by atoms with E-state index in [1.54, 1.807) is 12.1 Å². The highest BCUT2D eigenvalue weighted by atomic mass is 35.5. The summed E-state index contributed by atoms with van der Waals surface area (Å²) in [4.78, 5) is 16.4. The van der Waals surface area contributed by atoms with Crippen molar-refractivity contribution in [2.45, 2.75) is 6.54 Å². The number of hydrogen-bond acceptors (Lipinski definition) is 2. The monoisotopic (exact) mass is 397 g/mol. The second-order valence-corrected chi connectivity index (χ2v) is 7.13. The number of halogens is 3. The summed E-state index contributed by atoms with van der Waals surface area (Å²) in [6, 6.07) is 12.9. The zero-order valence-electron chi connectivity index (χ0n) is 13.5. The van der Waals surface area contributed by atoms with Gasteiger partial charge < -0.3 is 15.1 Å². The van der Waals surface area contributed by atoms with Gasteiger partial charge in [0.2, 0.25) is 0 Å². The van der Waals surface area contributed by atoms with E-state index in [9.17, 15) is 4.79 Å². The molecule has 0 unspecified atom stereocenters. The highest BCUT2D eigenvalue weighted by molar-refractivity contribution is 6.35. The van der Waals surface area contributed by atoms with E-state index in [1.807, 2.05) is 35.2 Å². The minimum atomic E-state index is -0.0817. The molecule has 1 aliphatic rings. The van der Waals surface area contributed by atoms with Crippen molar-refractivity contribution in [2.75, 3.05) is 31.1 Å². The molecule has 25 heavy (non-hydrogen) atoms. The number of rotatable bonds is 3. The van der Waals surface area contributed by atoms with Crippen LogP contribution in [-0.4, -0.2) is 37.1 Å². The van der Waals surface area contributed by atoms with Crippen LogP contribution < -0.4 is 10.2 Å². The fourth-order valence-electron chi connectivity index (χ4n) is 2.77. The largest absolute Gasteiger partial charge is 0.368 e. The molecule has 0 aromatic heterocycles. The molecule has 2 aromatic carbocycles. The predicted octanol–water partition coefficient (Wildman–Crippen LogP) is 4.68. The lowest BCUT2D eigenvalue weighted by atomic mass is 10.2. The Bertz CT molecular complexity index is 744. The molecule has 0 atom stereocenters. The molecule has 0 spiro atoms. The van der Waals surface area contributed by atoms with Crippen LogP contribution in [0.3, 0.4) is 0 Å². The van der Waals surface area contributed by atoms with Crippen molar-refractivity contribution in [1.82, 2.24) is 10.2 Å².